The average molecular weight is 409 g/mol. The third kappa shape index (κ3) is 3.16. The summed E-state index contributed by atoms with van der Waals surface area (Å²) >= 11 is 3.42. The highest BCUT2D eigenvalue weighted by molar-refractivity contribution is 9.10. The summed E-state index contributed by atoms with van der Waals surface area (Å²) in [5, 5.41) is 0. The lowest BCUT2D eigenvalue weighted by molar-refractivity contribution is 0.0516. The molecule has 4 nitrogen and oxygen atoms in total. The van der Waals surface area contributed by atoms with E-state index in [-0.39, 0.29) is 6.61 Å². The molecule has 0 N–H and O–H groups in total. The Kier molecular flexibility index (Phi) is 5.24. The molecule has 0 atom stereocenters. The molecule has 1 aromatic heterocycles. The minimum Gasteiger partial charge on any atom is -0.461 e. The summed E-state index contributed by atoms with van der Waals surface area (Å²) < 4.78 is 7.42. The van der Waals surface area contributed by atoms with Crippen LogP contribution in [0.3, 0.4) is 0 Å². The van der Waals surface area contributed by atoms with Crippen molar-refractivity contribution in [1.82, 2.24) is 4.57 Å². The number of carbonyl (C=O) groups is 1. The first-order chi connectivity index (χ1) is 12.6. The summed E-state index contributed by atoms with van der Waals surface area (Å²) in [5.41, 5.74) is 4.36. The van der Waals surface area contributed by atoms with E-state index in [4.69, 9.17) is 11.3 Å². The number of halogens is 1. The Morgan fingerprint density at radius 2 is 1.65 bits per heavy atom. The van der Waals surface area contributed by atoms with E-state index in [2.05, 4.69) is 20.8 Å². The number of esters is 1. The predicted octanol–water partition coefficient (Wildman–Crippen LogP) is 5.85. The van der Waals surface area contributed by atoms with Crippen molar-refractivity contribution in [2.24, 2.45) is 7.05 Å². The van der Waals surface area contributed by atoms with Crippen LogP contribution in [0.15, 0.2) is 59.2 Å². The molecular formula is C21H17BrN2O2. The Labute approximate surface area is 161 Å². The second-order valence-electron chi connectivity index (χ2n) is 5.70. The molecule has 2 aromatic carbocycles. The maximum absolute atomic E-state index is 12.5. The highest BCUT2D eigenvalue weighted by Crippen LogP contribution is 2.42. The third-order valence-corrected chi connectivity index (χ3v) is 5.07. The molecule has 0 saturated carbocycles. The molecule has 0 aliphatic rings. The maximum Gasteiger partial charge on any atom is 0.354 e. The summed E-state index contributed by atoms with van der Waals surface area (Å²) in [6.07, 6.45) is 0. The second kappa shape index (κ2) is 7.59. The van der Waals surface area contributed by atoms with Crippen LogP contribution >= 0.6 is 15.9 Å². The van der Waals surface area contributed by atoms with E-state index in [0.717, 1.165) is 16.7 Å². The summed E-state index contributed by atoms with van der Waals surface area (Å²) in [6.45, 7) is 9.58. The smallest absolute Gasteiger partial charge is 0.354 e. The summed E-state index contributed by atoms with van der Waals surface area (Å²) in [7, 11) is 1.74. The molecule has 3 aromatic rings. The van der Waals surface area contributed by atoms with E-state index >= 15 is 0 Å². The van der Waals surface area contributed by atoms with Crippen molar-refractivity contribution in [1.29, 1.82) is 0 Å². The SMILES string of the molecule is [C-]#[N+]c1c(-c2ccc(-c3ccccc3)cc2)c(C(=O)OCC)n(C)c1Br. The Balaban J connectivity index is 2.13. The zero-order chi connectivity index (χ0) is 18.7. The summed E-state index contributed by atoms with van der Waals surface area (Å²) in [6, 6.07) is 17.9. The van der Waals surface area contributed by atoms with Gasteiger partial charge in [-0.3, -0.25) is 0 Å². The number of ether oxygens (including phenoxy) is 1. The molecule has 0 amide bonds. The first-order valence-corrected chi connectivity index (χ1v) is 8.96. The van der Waals surface area contributed by atoms with Gasteiger partial charge in [-0.1, -0.05) is 54.6 Å². The molecule has 3 rings (SSSR count). The highest BCUT2D eigenvalue weighted by atomic mass is 79.9. The molecule has 0 fully saturated rings. The molecule has 0 spiro atoms. The zero-order valence-electron chi connectivity index (χ0n) is 14.5. The van der Waals surface area contributed by atoms with Crippen LogP contribution < -0.4 is 0 Å². The van der Waals surface area contributed by atoms with E-state index in [1.54, 1.807) is 18.5 Å². The van der Waals surface area contributed by atoms with Crippen molar-refractivity contribution in [2.75, 3.05) is 6.61 Å². The van der Waals surface area contributed by atoms with Gasteiger partial charge >= 0.3 is 5.97 Å². The first kappa shape index (κ1) is 18.0. The quantitative estimate of drug-likeness (QED) is 0.400. The molecule has 0 saturated heterocycles. The number of hydrogen-bond acceptors (Lipinski definition) is 2. The number of benzene rings is 2. The fraction of sp³-hybridized carbons (Fsp3) is 0.143. The molecule has 130 valence electrons. The largest absolute Gasteiger partial charge is 0.461 e. The van der Waals surface area contributed by atoms with Gasteiger partial charge in [0.1, 0.15) is 5.69 Å². The molecule has 0 radical (unpaired) electrons. The van der Waals surface area contributed by atoms with E-state index in [0.29, 0.717) is 21.5 Å². The number of aromatic nitrogens is 1. The van der Waals surface area contributed by atoms with Crippen molar-refractivity contribution >= 4 is 27.6 Å². The van der Waals surface area contributed by atoms with Crippen LogP contribution in [0.2, 0.25) is 0 Å². The average Bonchev–Trinajstić information content (AvgIpc) is 2.93. The topological polar surface area (TPSA) is 35.6 Å². The number of carbonyl (C=O) groups excluding carboxylic acids is 1. The first-order valence-electron chi connectivity index (χ1n) is 8.17. The fourth-order valence-electron chi connectivity index (χ4n) is 2.91. The second-order valence-corrected chi connectivity index (χ2v) is 6.45. The molecule has 0 aliphatic heterocycles. The van der Waals surface area contributed by atoms with Crippen molar-refractivity contribution in [3.05, 3.63) is 76.3 Å². The number of nitrogens with zero attached hydrogens (tertiary/aromatic N) is 2. The van der Waals surface area contributed by atoms with Crippen LogP contribution in [0, 0.1) is 6.57 Å². The van der Waals surface area contributed by atoms with Crippen LogP contribution in [-0.2, 0) is 11.8 Å². The highest BCUT2D eigenvalue weighted by Gasteiger charge is 2.26. The standard InChI is InChI=1S/C21H17BrN2O2/c1-4-26-21(25)19-17(18(23-2)20(22)24(19)3)16-12-10-15(11-13-16)14-8-6-5-7-9-14/h5-13H,4H2,1,3H3. The summed E-state index contributed by atoms with van der Waals surface area (Å²) in [5.74, 6) is -0.437. The Morgan fingerprint density at radius 1 is 1.08 bits per heavy atom. The lowest BCUT2D eigenvalue weighted by atomic mass is 9.99. The van der Waals surface area contributed by atoms with Crippen LogP contribution in [0.25, 0.3) is 27.1 Å². The van der Waals surface area contributed by atoms with Crippen LogP contribution in [0.5, 0.6) is 0 Å². The minimum atomic E-state index is -0.437. The molecular weight excluding hydrogens is 392 g/mol. The predicted molar refractivity (Wildman–Crippen MR) is 106 cm³/mol. The lowest BCUT2D eigenvalue weighted by Gasteiger charge is -2.09. The van der Waals surface area contributed by atoms with Crippen molar-refractivity contribution < 1.29 is 9.53 Å². The van der Waals surface area contributed by atoms with Crippen molar-refractivity contribution in [2.45, 2.75) is 6.92 Å². The van der Waals surface area contributed by atoms with E-state index in [1.807, 2.05) is 54.6 Å². The van der Waals surface area contributed by atoms with Crippen LogP contribution in [-0.4, -0.2) is 17.1 Å². The Bertz CT molecular complexity index is 984. The lowest BCUT2D eigenvalue weighted by Crippen LogP contribution is -2.11. The van der Waals surface area contributed by atoms with E-state index in [1.165, 1.54) is 0 Å². The third-order valence-electron chi connectivity index (χ3n) is 4.16. The number of hydrogen-bond donors (Lipinski definition) is 0. The van der Waals surface area contributed by atoms with Crippen LogP contribution in [0.1, 0.15) is 17.4 Å². The van der Waals surface area contributed by atoms with E-state index < -0.39 is 5.97 Å². The van der Waals surface area contributed by atoms with Gasteiger partial charge in [0.2, 0.25) is 5.69 Å². The van der Waals surface area contributed by atoms with Gasteiger partial charge in [-0.25, -0.2) is 9.64 Å². The molecule has 5 heteroatoms. The van der Waals surface area contributed by atoms with Crippen molar-refractivity contribution in [3.63, 3.8) is 0 Å². The molecule has 1 heterocycles. The molecule has 0 bridgehead atoms. The van der Waals surface area contributed by atoms with Gasteiger partial charge in [-0.2, -0.15) is 0 Å². The van der Waals surface area contributed by atoms with Gasteiger partial charge in [0.15, 0.2) is 0 Å². The van der Waals surface area contributed by atoms with Gasteiger partial charge in [0, 0.05) is 12.6 Å². The molecule has 0 aliphatic carbocycles. The van der Waals surface area contributed by atoms with Gasteiger partial charge in [-0.05, 0) is 39.5 Å². The maximum atomic E-state index is 12.5. The molecule has 26 heavy (non-hydrogen) atoms. The fourth-order valence-corrected chi connectivity index (χ4v) is 3.38. The van der Waals surface area contributed by atoms with Gasteiger partial charge in [0.05, 0.1) is 17.8 Å². The number of rotatable bonds is 4. The monoisotopic (exact) mass is 408 g/mol. The normalized spacial score (nSPS) is 10.4. The van der Waals surface area contributed by atoms with Gasteiger partial charge < -0.3 is 9.30 Å². The zero-order valence-corrected chi connectivity index (χ0v) is 16.1. The van der Waals surface area contributed by atoms with Crippen LogP contribution in [0.4, 0.5) is 5.69 Å². The van der Waals surface area contributed by atoms with Gasteiger partial charge in [0.25, 0.3) is 0 Å². The van der Waals surface area contributed by atoms with E-state index in [9.17, 15) is 4.79 Å². The Morgan fingerprint density at radius 3 is 2.23 bits per heavy atom. The summed E-state index contributed by atoms with van der Waals surface area (Å²) in [4.78, 5) is 16.1. The van der Waals surface area contributed by atoms with Crippen molar-refractivity contribution in [3.8, 4) is 22.3 Å². The minimum absolute atomic E-state index is 0.279. The molecule has 0 unspecified atom stereocenters. The van der Waals surface area contributed by atoms with Gasteiger partial charge in [-0.15, -0.1) is 0 Å². The Hall–Kier alpha value is -2.84.